The summed E-state index contributed by atoms with van der Waals surface area (Å²) >= 11 is 0. The summed E-state index contributed by atoms with van der Waals surface area (Å²) in [6, 6.07) is 11.7. The molecule has 0 aliphatic carbocycles. The van der Waals surface area contributed by atoms with Gasteiger partial charge in [-0.15, -0.1) is 0 Å². The van der Waals surface area contributed by atoms with Crippen LogP contribution in [0.25, 0.3) is 5.69 Å². The van der Waals surface area contributed by atoms with Crippen molar-refractivity contribution in [3.63, 3.8) is 0 Å². The highest BCUT2D eigenvalue weighted by molar-refractivity contribution is 7.90. The van der Waals surface area contributed by atoms with Crippen molar-refractivity contribution in [1.82, 2.24) is 4.57 Å². The van der Waals surface area contributed by atoms with Crippen LogP contribution >= 0.6 is 0 Å². The number of esters is 1. The zero-order chi connectivity index (χ0) is 25.2. The Hall–Kier alpha value is -3.53. The zero-order valence-electron chi connectivity index (χ0n) is 19.0. The van der Waals surface area contributed by atoms with Crippen LogP contribution in [0.1, 0.15) is 37.7 Å². The Morgan fingerprint density at radius 1 is 0.971 bits per heavy atom. The van der Waals surface area contributed by atoms with E-state index < -0.39 is 34.8 Å². The van der Waals surface area contributed by atoms with E-state index in [0.29, 0.717) is 28.2 Å². The van der Waals surface area contributed by atoms with Gasteiger partial charge in [0.2, 0.25) is 5.78 Å². The molecule has 2 aromatic carbocycles. The molecule has 3 rings (SSSR count). The van der Waals surface area contributed by atoms with Crippen LogP contribution in [0.4, 0.5) is 8.78 Å². The fraction of sp³-hybridized carbons (Fsp3) is 0.250. The maximum atomic E-state index is 12.8. The highest BCUT2D eigenvalue weighted by Crippen LogP contribution is 2.24. The maximum Gasteiger partial charge on any atom is 0.387 e. The maximum absolute atomic E-state index is 12.8. The van der Waals surface area contributed by atoms with E-state index >= 15 is 0 Å². The number of ketones is 1. The summed E-state index contributed by atoms with van der Waals surface area (Å²) in [6.07, 6.45) is 1.03. The van der Waals surface area contributed by atoms with Crippen LogP contribution in [0.15, 0.2) is 53.4 Å². The van der Waals surface area contributed by atoms with Crippen LogP contribution < -0.4 is 4.74 Å². The van der Waals surface area contributed by atoms with Gasteiger partial charge in [-0.3, -0.25) is 4.79 Å². The number of nitrogens with zero attached hydrogens (tertiary/aromatic N) is 1. The summed E-state index contributed by atoms with van der Waals surface area (Å²) < 4.78 is 59.6. The summed E-state index contributed by atoms with van der Waals surface area (Å²) in [5, 5.41) is 0. The van der Waals surface area contributed by atoms with Gasteiger partial charge >= 0.3 is 12.6 Å². The van der Waals surface area contributed by atoms with Crippen molar-refractivity contribution >= 4 is 21.6 Å². The Balaban J connectivity index is 1.77. The fourth-order valence-corrected chi connectivity index (χ4v) is 4.20. The number of alkyl halides is 2. The van der Waals surface area contributed by atoms with Gasteiger partial charge in [-0.1, -0.05) is 6.07 Å². The van der Waals surface area contributed by atoms with E-state index in [9.17, 15) is 26.8 Å². The van der Waals surface area contributed by atoms with E-state index in [1.54, 1.807) is 43.5 Å². The standard InChI is InChI=1S/C24H23F2NO6S/c1-14-5-10-19(34(4,30)31)12-20(14)23(29)32-13-22(28)21-11-15(2)27(16(21)3)17-6-8-18(9-7-17)33-24(25)26/h5-12,24H,13H2,1-4H3. The molecule has 0 unspecified atom stereocenters. The second-order valence-electron chi connectivity index (χ2n) is 7.74. The number of carbonyl (C=O) groups excluding carboxylic acids is 2. The van der Waals surface area contributed by atoms with Crippen molar-refractivity contribution in [3.05, 3.63) is 76.6 Å². The van der Waals surface area contributed by atoms with Crippen LogP contribution in [0.5, 0.6) is 5.75 Å². The van der Waals surface area contributed by atoms with Gasteiger partial charge in [0.1, 0.15) is 5.75 Å². The number of halogens is 2. The molecule has 3 aromatic rings. The molecule has 0 spiro atoms. The van der Waals surface area contributed by atoms with Crippen molar-refractivity contribution in [1.29, 1.82) is 0 Å². The molecule has 0 aliphatic heterocycles. The molecule has 10 heteroatoms. The number of aromatic nitrogens is 1. The molecule has 34 heavy (non-hydrogen) atoms. The average Bonchev–Trinajstić information content (AvgIpc) is 3.05. The van der Waals surface area contributed by atoms with Gasteiger partial charge in [-0.05, 0) is 68.8 Å². The summed E-state index contributed by atoms with van der Waals surface area (Å²) in [5.41, 5.74) is 2.85. The van der Waals surface area contributed by atoms with Crippen molar-refractivity contribution in [3.8, 4) is 11.4 Å². The van der Waals surface area contributed by atoms with E-state index in [0.717, 1.165) is 6.26 Å². The van der Waals surface area contributed by atoms with Gasteiger partial charge in [0.25, 0.3) is 0 Å². The van der Waals surface area contributed by atoms with E-state index in [1.165, 1.54) is 30.3 Å². The van der Waals surface area contributed by atoms with Gasteiger partial charge in [0.05, 0.1) is 10.5 Å². The molecular formula is C24H23F2NO6S. The summed E-state index contributed by atoms with van der Waals surface area (Å²) in [6.45, 7) is 1.67. The number of sulfone groups is 1. The van der Waals surface area contributed by atoms with Crippen LogP contribution in [0.2, 0.25) is 0 Å². The second kappa shape index (κ2) is 9.76. The first-order valence-corrected chi connectivity index (χ1v) is 12.0. The van der Waals surface area contributed by atoms with Crippen LogP contribution in [-0.4, -0.2) is 44.2 Å². The predicted octanol–water partition coefficient (Wildman–Crippen LogP) is 4.45. The zero-order valence-corrected chi connectivity index (χ0v) is 19.8. The lowest BCUT2D eigenvalue weighted by atomic mass is 10.1. The van der Waals surface area contributed by atoms with Crippen molar-refractivity contribution in [2.75, 3.05) is 12.9 Å². The lowest BCUT2D eigenvalue weighted by molar-refractivity contribution is -0.0498. The smallest absolute Gasteiger partial charge is 0.387 e. The highest BCUT2D eigenvalue weighted by Gasteiger charge is 2.20. The van der Waals surface area contributed by atoms with E-state index in [4.69, 9.17) is 4.74 Å². The average molecular weight is 492 g/mol. The van der Waals surface area contributed by atoms with Gasteiger partial charge in [0.15, 0.2) is 16.4 Å². The van der Waals surface area contributed by atoms with Gasteiger partial charge in [0, 0.05) is 28.9 Å². The third kappa shape index (κ3) is 5.51. The molecule has 180 valence electrons. The van der Waals surface area contributed by atoms with E-state index in [1.807, 2.05) is 0 Å². The molecule has 0 fully saturated rings. The molecule has 0 amide bonds. The molecule has 0 N–H and O–H groups in total. The number of rotatable bonds is 8. The normalized spacial score (nSPS) is 11.5. The number of carbonyl (C=O) groups is 2. The highest BCUT2D eigenvalue weighted by atomic mass is 32.2. The molecule has 0 radical (unpaired) electrons. The monoisotopic (exact) mass is 491 g/mol. The fourth-order valence-electron chi connectivity index (χ4n) is 3.56. The molecule has 0 saturated carbocycles. The molecule has 0 saturated heterocycles. The number of Topliss-reactive ketones (excluding diaryl/α,β-unsaturated/α-hetero) is 1. The number of ether oxygens (including phenoxy) is 2. The van der Waals surface area contributed by atoms with Gasteiger partial charge in [-0.2, -0.15) is 8.78 Å². The summed E-state index contributed by atoms with van der Waals surface area (Å²) in [7, 11) is -3.52. The SMILES string of the molecule is Cc1ccc(S(C)(=O)=O)cc1C(=O)OCC(=O)c1cc(C)n(-c2ccc(OC(F)F)cc2)c1C. The molecule has 0 bridgehead atoms. The molecular weight excluding hydrogens is 468 g/mol. The first-order chi connectivity index (χ1) is 15.9. The lowest BCUT2D eigenvalue weighted by Gasteiger charge is -2.11. The Morgan fingerprint density at radius 3 is 2.21 bits per heavy atom. The molecule has 7 nitrogen and oxygen atoms in total. The molecule has 0 atom stereocenters. The predicted molar refractivity (Wildman–Crippen MR) is 121 cm³/mol. The van der Waals surface area contributed by atoms with Crippen LogP contribution in [0, 0.1) is 20.8 Å². The minimum absolute atomic E-state index is 0.0136. The number of hydrogen-bond donors (Lipinski definition) is 0. The number of benzene rings is 2. The summed E-state index contributed by atoms with van der Waals surface area (Å²) in [5.74, 6) is -1.23. The minimum Gasteiger partial charge on any atom is -0.454 e. The molecule has 1 heterocycles. The third-order valence-corrected chi connectivity index (χ3v) is 6.35. The minimum atomic E-state index is -3.52. The van der Waals surface area contributed by atoms with Crippen molar-refractivity contribution in [2.45, 2.75) is 32.3 Å². The number of hydrogen-bond acceptors (Lipinski definition) is 6. The molecule has 1 aromatic heterocycles. The Morgan fingerprint density at radius 2 is 1.62 bits per heavy atom. The Kier molecular flexibility index (Phi) is 7.21. The third-order valence-electron chi connectivity index (χ3n) is 5.24. The number of aryl methyl sites for hydroxylation is 2. The van der Waals surface area contributed by atoms with Crippen LogP contribution in [-0.2, 0) is 14.6 Å². The van der Waals surface area contributed by atoms with E-state index in [-0.39, 0.29) is 16.2 Å². The Labute approximate surface area is 195 Å². The topological polar surface area (TPSA) is 91.7 Å². The lowest BCUT2D eigenvalue weighted by Crippen LogP contribution is -2.16. The summed E-state index contributed by atoms with van der Waals surface area (Å²) in [4.78, 5) is 25.3. The molecule has 0 aliphatic rings. The van der Waals surface area contributed by atoms with E-state index in [2.05, 4.69) is 4.74 Å². The first-order valence-electron chi connectivity index (χ1n) is 10.1. The quantitative estimate of drug-likeness (QED) is 0.342. The first kappa shape index (κ1) is 25.1. The van der Waals surface area contributed by atoms with Crippen LogP contribution in [0.3, 0.4) is 0 Å². The van der Waals surface area contributed by atoms with Crippen molar-refractivity contribution in [2.24, 2.45) is 0 Å². The largest absolute Gasteiger partial charge is 0.454 e. The van der Waals surface area contributed by atoms with Gasteiger partial charge < -0.3 is 14.0 Å². The Bertz CT molecular complexity index is 1340. The van der Waals surface area contributed by atoms with Crippen molar-refractivity contribution < 1.29 is 36.3 Å². The van der Waals surface area contributed by atoms with Gasteiger partial charge in [-0.25, -0.2) is 13.2 Å². The second-order valence-corrected chi connectivity index (χ2v) is 9.76.